The van der Waals surface area contributed by atoms with Crippen LogP contribution in [0.4, 0.5) is 5.69 Å². The van der Waals surface area contributed by atoms with Gasteiger partial charge >= 0.3 is 0 Å². The Hall–Kier alpha value is -1.22. The summed E-state index contributed by atoms with van der Waals surface area (Å²) in [4.78, 5) is 2.38. The molecule has 0 saturated carbocycles. The molecule has 1 heterocycles. The summed E-state index contributed by atoms with van der Waals surface area (Å²) in [5.74, 6) is 2.24. The molecular formula is C16H25NO2. The zero-order valence-corrected chi connectivity index (χ0v) is 12.4. The van der Waals surface area contributed by atoms with E-state index in [4.69, 9.17) is 4.74 Å². The number of nitrogens with zero attached hydrogens (tertiary/aromatic N) is 1. The first-order valence-corrected chi connectivity index (χ1v) is 7.14. The smallest absolute Gasteiger partial charge is 0.126 e. The van der Waals surface area contributed by atoms with Crippen molar-refractivity contribution in [3.8, 4) is 5.75 Å². The average molecular weight is 263 g/mol. The lowest BCUT2D eigenvalue weighted by molar-refractivity contribution is 0.194. The van der Waals surface area contributed by atoms with Gasteiger partial charge in [-0.1, -0.05) is 19.9 Å². The van der Waals surface area contributed by atoms with Gasteiger partial charge in [-0.25, -0.2) is 0 Å². The van der Waals surface area contributed by atoms with E-state index in [-0.39, 0.29) is 0 Å². The Kier molecular flexibility index (Phi) is 4.35. The molecule has 0 aliphatic carbocycles. The lowest BCUT2D eigenvalue weighted by atomic mass is 9.95. The predicted molar refractivity (Wildman–Crippen MR) is 78.8 cm³/mol. The van der Waals surface area contributed by atoms with Gasteiger partial charge in [0.1, 0.15) is 5.75 Å². The van der Waals surface area contributed by atoms with Crippen LogP contribution in [0.3, 0.4) is 0 Å². The van der Waals surface area contributed by atoms with Crippen molar-refractivity contribution in [1.82, 2.24) is 0 Å². The molecule has 1 aliphatic rings. The zero-order chi connectivity index (χ0) is 14.0. The van der Waals surface area contributed by atoms with Gasteiger partial charge in [-0.15, -0.1) is 0 Å². The van der Waals surface area contributed by atoms with E-state index >= 15 is 0 Å². The van der Waals surface area contributed by atoms with Gasteiger partial charge in [-0.3, -0.25) is 0 Å². The van der Waals surface area contributed by atoms with Crippen molar-refractivity contribution < 1.29 is 9.84 Å². The average Bonchev–Trinajstić information content (AvgIpc) is 2.87. The molecule has 0 radical (unpaired) electrons. The second-order valence-corrected chi connectivity index (χ2v) is 5.81. The quantitative estimate of drug-likeness (QED) is 0.905. The lowest BCUT2D eigenvalue weighted by Gasteiger charge is -2.25. The van der Waals surface area contributed by atoms with Crippen molar-refractivity contribution in [2.24, 2.45) is 11.8 Å². The summed E-state index contributed by atoms with van der Waals surface area (Å²) in [5.41, 5.74) is 2.03. The van der Waals surface area contributed by atoms with Crippen LogP contribution >= 0.6 is 0 Å². The maximum atomic E-state index is 10.0. The molecule has 1 fully saturated rings. The maximum Gasteiger partial charge on any atom is 0.126 e. The van der Waals surface area contributed by atoms with Gasteiger partial charge in [0.25, 0.3) is 0 Å². The van der Waals surface area contributed by atoms with Crippen LogP contribution in [0.15, 0.2) is 18.2 Å². The van der Waals surface area contributed by atoms with Crippen LogP contribution in [0.25, 0.3) is 0 Å². The molecule has 3 heteroatoms. The van der Waals surface area contributed by atoms with E-state index < -0.39 is 6.10 Å². The van der Waals surface area contributed by atoms with Crippen LogP contribution < -0.4 is 9.64 Å². The number of anilines is 1. The topological polar surface area (TPSA) is 32.7 Å². The van der Waals surface area contributed by atoms with E-state index in [0.29, 0.717) is 5.92 Å². The summed E-state index contributed by atoms with van der Waals surface area (Å²) >= 11 is 0. The van der Waals surface area contributed by atoms with Crippen molar-refractivity contribution in [2.75, 3.05) is 25.1 Å². The van der Waals surface area contributed by atoms with Gasteiger partial charge in [0.05, 0.1) is 13.2 Å². The molecule has 0 bridgehead atoms. The molecule has 1 N–H and O–H groups in total. The minimum Gasteiger partial charge on any atom is -0.496 e. The van der Waals surface area contributed by atoms with Crippen molar-refractivity contribution >= 4 is 5.69 Å². The molecule has 2 atom stereocenters. The Balaban J connectivity index is 2.30. The number of aliphatic hydroxyl groups is 1. The molecule has 3 nitrogen and oxygen atoms in total. The van der Waals surface area contributed by atoms with Crippen molar-refractivity contribution in [1.29, 1.82) is 0 Å². The van der Waals surface area contributed by atoms with Crippen LogP contribution in [-0.2, 0) is 0 Å². The number of hydrogen-bond donors (Lipinski definition) is 1. The molecule has 2 unspecified atom stereocenters. The SMILES string of the molecule is COc1cccc(N2CCC(C(C)C)C2)c1C(C)O. The molecule has 0 aromatic heterocycles. The van der Waals surface area contributed by atoms with Crippen molar-refractivity contribution in [3.63, 3.8) is 0 Å². The Morgan fingerprint density at radius 3 is 2.58 bits per heavy atom. The first-order chi connectivity index (χ1) is 9.04. The van der Waals surface area contributed by atoms with Gasteiger partial charge in [0, 0.05) is 24.3 Å². The van der Waals surface area contributed by atoms with Crippen LogP contribution in [0, 0.1) is 11.8 Å². The maximum absolute atomic E-state index is 10.0. The first-order valence-electron chi connectivity index (χ1n) is 7.14. The molecule has 1 aromatic carbocycles. The highest BCUT2D eigenvalue weighted by atomic mass is 16.5. The van der Waals surface area contributed by atoms with Gasteiger partial charge in [-0.05, 0) is 37.3 Å². The van der Waals surface area contributed by atoms with Gasteiger partial charge in [0.2, 0.25) is 0 Å². The van der Waals surface area contributed by atoms with Crippen LogP contribution in [0.5, 0.6) is 5.75 Å². The first kappa shape index (κ1) is 14.2. The third-order valence-corrected chi connectivity index (χ3v) is 4.19. The van der Waals surface area contributed by atoms with Crippen LogP contribution in [-0.4, -0.2) is 25.3 Å². The number of aliphatic hydroxyl groups excluding tert-OH is 1. The standard InChI is InChI=1S/C16H25NO2/c1-11(2)13-8-9-17(10-13)14-6-5-7-15(19-4)16(14)12(3)18/h5-7,11-13,18H,8-10H2,1-4H3. The van der Waals surface area contributed by atoms with E-state index in [0.717, 1.165) is 36.0 Å². The third-order valence-electron chi connectivity index (χ3n) is 4.19. The Morgan fingerprint density at radius 2 is 2.05 bits per heavy atom. The number of rotatable bonds is 4. The fourth-order valence-corrected chi connectivity index (χ4v) is 2.96. The summed E-state index contributed by atoms with van der Waals surface area (Å²) in [7, 11) is 1.66. The molecule has 0 spiro atoms. The molecular weight excluding hydrogens is 238 g/mol. The minimum absolute atomic E-state index is 0.510. The number of ether oxygens (including phenoxy) is 1. The fraction of sp³-hybridized carbons (Fsp3) is 0.625. The normalized spacial score (nSPS) is 20.9. The summed E-state index contributed by atoms with van der Waals surface area (Å²) in [6.45, 7) is 8.52. The highest BCUT2D eigenvalue weighted by molar-refractivity contribution is 5.61. The number of hydrogen-bond acceptors (Lipinski definition) is 3. The molecule has 1 aromatic rings. The molecule has 1 saturated heterocycles. The van der Waals surface area contributed by atoms with E-state index in [2.05, 4.69) is 24.8 Å². The molecule has 0 amide bonds. The van der Waals surface area contributed by atoms with E-state index in [1.807, 2.05) is 12.1 Å². The minimum atomic E-state index is -0.510. The number of methoxy groups -OCH3 is 1. The molecule has 19 heavy (non-hydrogen) atoms. The lowest BCUT2D eigenvalue weighted by Crippen LogP contribution is -2.23. The molecule has 2 rings (SSSR count). The third kappa shape index (κ3) is 2.86. The second kappa shape index (κ2) is 5.83. The summed E-state index contributed by atoms with van der Waals surface area (Å²) in [6.07, 6.45) is 0.720. The van der Waals surface area contributed by atoms with E-state index in [1.54, 1.807) is 14.0 Å². The Morgan fingerprint density at radius 1 is 1.32 bits per heavy atom. The molecule has 1 aliphatic heterocycles. The van der Waals surface area contributed by atoms with Gasteiger partial charge in [-0.2, -0.15) is 0 Å². The van der Waals surface area contributed by atoms with Crippen molar-refractivity contribution in [2.45, 2.75) is 33.3 Å². The van der Waals surface area contributed by atoms with Gasteiger partial charge in [0.15, 0.2) is 0 Å². The van der Waals surface area contributed by atoms with Crippen LogP contribution in [0.2, 0.25) is 0 Å². The Labute approximate surface area is 116 Å². The second-order valence-electron chi connectivity index (χ2n) is 5.81. The summed E-state index contributed by atoms with van der Waals surface area (Å²) in [6, 6.07) is 6.01. The largest absolute Gasteiger partial charge is 0.496 e. The zero-order valence-electron chi connectivity index (χ0n) is 12.4. The van der Waals surface area contributed by atoms with E-state index in [1.165, 1.54) is 6.42 Å². The Bertz CT molecular complexity index is 429. The fourth-order valence-electron chi connectivity index (χ4n) is 2.96. The molecule has 106 valence electrons. The summed E-state index contributed by atoms with van der Waals surface area (Å²) in [5, 5.41) is 10.0. The van der Waals surface area contributed by atoms with Crippen LogP contribution in [0.1, 0.15) is 38.9 Å². The summed E-state index contributed by atoms with van der Waals surface area (Å²) < 4.78 is 5.39. The monoisotopic (exact) mass is 263 g/mol. The highest BCUT2D eigenvalue weighted by Gasteiger charge is 2.28. The number of benzene rings is 1. The van der Waals surface area contributed by atoms with E-state index in [9.17, 15) is 5.11 Å². The van der Waals surface area contributed by atoms with Crippen molar-refractivity contribution in [3.05, 3.63) is 23.8 Å². The van der Waals surface area contributed by atoms with Gasteiger partial charge < -0.3 is 14.7 Å². The highest BCUT2D eigenvalue weighted by Crippen LogP contribution is 2.37. The predicted octanol–water partition coefficient (Wildman–Crippen LogP) is 3.23.